The van der Waals surface area contributed by atoms with Crippen molar-refractivity contribution in [1.82, 2.24) is 20.1 Å². The van der Waals surface area contributed by atoms with Crippen molar-refractivity contribution >= 4 is 23.6 Å². The van der Waals surface area contributed by atoms with Crippen LogP contribution in [-0.2, 0) is 16.1 Å². The fourth-order valence-electron chi connectivity index (χ4n) is 3.02. The number of anilines is 1. The molecule has 7 nitrogen and oxygen atoms in total. The van der Waals surface area contributed by atoms with Crippen molar-refractivity contribution in [1.29, 1.82) is 0 Å². The van der Waals surface area contributed by atoms with E-state index in [1.165, 1.54) is 23.9 Å². The van der Waals surface area contributed by atoms with Gasteiger partial charge in [-0.25, -0.2) is 4.39 Å². The Labute approximate surface area is 168 Å². The normalized spacial score (nSPS) is 16.6. The third kappa shape index (κ3) is 4.82. The topological polar surface area (TPSA) is 72.3 Å². The number of nitrogens with zero attached hydrogens (tertiary/aromatic N) is 4. The number of amides is 1. The highest BCUT2D eigenvalue weighted by Gasteiger charge is 2.24. The molecule has 2 atom stereocenters. The minimum Gasteiger partial charge on any atom is -0.378 e. The Kier molecular flexibility index (Phi) is 6.90. The molecule has 2 heterocycles. The number of aromatic nitrogens is 3. The first kappa shape index (κ1) is 20.6. The van der Waals surface area contributed by atoms with Gasteiger partial charge in [0, 0.05) is 19.6 Å². The van der Waals surface area contributed by atoms with Gasteiger partial charge in [-0.3, -0.25) is 9.36 Å². The van der Waals surface area contributed by atoms with Gasteiger partial charge in [0.25, 0.3) is 0 Å². The Morgan fingerprint density at radius 2 is 1.93 bits per heavy atom. The fourth-order valence-corrected chi connectivity index (χ4v) is 3.94. The minimum absolute atomic E-state index is 0.0969. The Bertz CT molecular complexity index is 792. The van der Waals surface area contributed by atoms with Crippen LogP contribution in [0.5, 0.6) is 0 Å². The van der Waals surface area contributed by atoms with Gasteiger partial charge in [-0.1, -0.05) is 23.9 Å². The van der Waals surface area contributed by atoms with Gasteiger partial charge in [0.1, 0.15) is 5.82 Å². The van der Waals surface area contributed by atoms with Crippen molar-refractivity contribution in [2.45, 2.75) is 43.8 Å². The summed E-state index contributed by atoms with van der Waals surface area (Å²) in [6, 6.07) is 5.95. The number of hydrogen-bond donors (Lipinski definition) is 1. The zero-order valence-corrected chi connectivity index (χ0v) is 17.2. The maximum Gasteiger partial charge on any atom is 0.233 e. The maximum atomic E-state index is 13.1. The van der Waals surface area contributed by atoms with E-state index in [-0.39, 0.29) is 23.0 Å². The third-order valence-electron chi connectivity index (χ3n) is 4.69. The van der Waals surface area contributed by atoms with Gasteiger partial charge in [-0.15, -0.1) is 10.2 Å². The second kappa shape index (κ2) is 9.38. The lowest BCUT2D eigenvalue weighted by atomic mass is 10.1. The molecule has 1 saturated heterocycles. The molecule has 0 saturated carbocycles. The maximum absolute atomic E-state index is 13.1. The van der Waals surface area contributed by atoms with Crippen LogP contribution < -0.4 is 10.2 Å². The molecule has 9 heteroatoms. The predicted octanol–water partition coefficient (Wildman–Crippen LogP) is 2.63. The molecule has 0 unspecified atom stereocenters. The van der Waals surface area contributed by atoms with Gasteiger partial charge in [0.2, 0.25) is 11.9 Å². The SMILES string of the molecule is CCn1c(S[C@H](C)C(=O)N[C@H](C)c2ccc(F)cc2)nnc1N1CCOCC1. The van der Waals surface area contributed by atoms with Gasteiger partial charge < -0.3 is 15.0 Å². The van der Waals surface area contributed by atoms with Crippen molar-refractivity contribution < 1.29 is 13.9 Å². The van der Waals surface area contributed by atoms with Crippen LogP contribution in [0.25, 0.3) is 0 Å². The Morgan fingerprint density at radius 3 is 2.57 bits per heavy atom. The van der Waals surface area contributed by atoms with E-state index in [2.05, 4.69) is 20.4 Å². The van der Waals surface area contributed by atoms with E-state index in [1.807, 2.05) is 25.3 Å². The van der Waals surface area contributed by atoms with Crippen LogP contribution in [0.1, 0.15) is 32.4 Å². The quantitative estimate of drug-likeness (QED) is 0.712. The summed E-state index contributed by atoms with van der Waals surface area (Å²) in [6.45, 7) is 9.43. The van der Waals surface area contributed by atoms with E-state index in [0.717, 1.165) is 36.3 Å². The number of nitrogens with one attached hydrogen (secondary N) is 1. The highest BCUT2D eigenvalue weighted by atomic mass is 32.2. The lowest BCUT2D eigenvalue weighted by Gasteiger charge is -2.27. The Morgan fingerprint density at radius 1 is 1.25 bits per heavy atom. The summed E-state index contributed by atoms with van der Waals surface area (Å²) in [6.07, 6.45) is 0. The molecule has 0 aliphatic carbocycles. The second-order valence-corrected chi connectivity index (χ2v) is 7.98. The summed E-state index contributed by atoms with van der Waals surface area (Å²) in [7, 11) is 0. The molecule has 0 radical (unpaired) electrons. The van der Waals surface area contributed by atoms with Crippen LogP contribution in [0.3, 0.4) is 0 Å². The third-order valence-corrected chi connectivity index (χ3v) is 5.77. The number of hydrogen-bond acceptors (Lipinski definition) is 6. The largest absolute Gasteiger partial charge is 0.378 e. The monoisotopic (exact) mass is 407 g/mol. The highest BCUT2D eigenvalue weighted by molar-refractivity contribution is 8.00. The first-order chi connectivity index (χ1) is 13.5. The minimum atomic E-state index is -0.338. The van der Waals surface area contributed by atoms with Crippen LogP contribution >= 0.6 is 11.8 Å². The highest BCUT2D eigenvalue weighted by Crippen LogP contribution is 2.26. The van der Waals surface area contributed by atoms with Crippen molar-refractivity contribution in [3.8, 4) is 0 Å². The van der Waals surface area contributed by atoms with Crippen LogP contribution in [0.2, 0.25) is 0 Å². The first-order valence-electron chi connectivity index (χ1n) is 9.48. The number of benzene rings is 1. The lowest BCUT2D eigenvalue weighted by molar-refractivity contribution is -0.120. The summed E-state index contributed by atoms with van der Waals surface area (Å²) in [5.41, 5.74) is 0.860. The number of morpholine rings is 1. The Balaban J connectivity index is 1.63. The number of rotatable bonds is 7. The van der Waals surface area contributed by atoms with Crippen molar-refractivity contribution in [3.05, 3.63) is 35.6 Å². The van der Waals surface area contributed by atoms with E-state index in [0.29, 0.717) is 13.2 Å². The molecule has 1 amide bonds. The van der Waals surface area contributed by atoms with Crippen molar-refractivity contribution in [2.24, 2.45) is 0 Å². The molecule has 1 fully saturated rings. The molecule has 1 aromatic heterocycles. The van der Waals surface area contributed by atoms with Gasteiger partial charge in [-0.2, -0.15) is 0 Å². The summed E-state index contributed by atoms with van der Waals surface area (Å²) >= 11 is 1.39. The smallest absolute Gasteiger partial charge is 0.233 e. The van der Waals surface area contributed by atoms with Crippen molar-refractivity contribution in [3.63, 3.8) is 0 Å². The molecular formula is C19H26FN5O2S. The van der Waals surface area contributed by atoms with Gasteiger partial charge in [0.05, 0.1) is 24.5 Å². The van der Waals surface area contributed by atoms with E-state index >= 15 is 0 Å². The van der Waals surface area contributed by atoms with E-state index in [9.17, 15) is 9.18 Å². The summed E-state index contributed by atoms with van der Waals surface area (Å²) < 4.78 is 20.5. The first-order valence-corrected chi connectivity index (χ1v) is 10.4. The summed E-state index contributed by atoms with van der Waals surface area (Å²) in [5, 5.41) is 12.0. The van der Waals surface area contributed by atoms with Crippen LogP contribution in [-0.4, -0.2) is 52.2 Å². The van der Waals surface area contributed by atoms with E-state index in [4.69, 9.17) is 4.74 Å². The molecular weight excluding hydrogens is 381 g/mol. The predicted molar refractivity (Wildman–Crippen MR) is 107 cm³/mol. The molecule has 2 aromatic rings. The molecule has 0 spiro atoms. The number of thioether (sulfide) groups is 1. The fraction of sp³-hybridized carbons (Fsp3) is 0.526. The molecule has 3 rings (SSSR count). The Hall–Kier alpha value is -2.13. The molecule has 1 aliphatic heterocycles. The van der Waals surface area contributed by atoms with Gasteiger partial charge >= 0.3 is 0 Å². The second-order valence-electron chi connectivity index (χ2n) is 6.67. The zero-order chi connectivity index (χ0) is 20.1. The molecule has 1 aliphatic rings. The number of carbonyl (C=O) groups is 1. The van der Waals surface area contributed by atoms with Crippen LogP contribution in [0.4, 0.5) is 10.3 Å². The van der Waals surface area contributed by atoms with E-state index < -0.39 is 0 Å². The summed E-state index contributed by atoms with van der Waals surface area (Å²) in [4.78, 5) is 14.8. The molecule has 152 valence electrons. The number of carbonyl (C=O) groups excluding carboxylic acids is 1. The molecule has 1 aromatic carbocycles. The van der Waals surface area contributed by atoms with Crippen LogP contribution in [0, 0.1) is 5.82 Å². The average Bonchev–Trinajstić information content (AvgIpc) is 3.11. The van der Waals surface area contributed by atoms with Gasteiger partial charge in [-0.05, 0) is 38.5 Å². The summed E-state index contributed by atoms with van der Waals surface area (Å²) in [5.74, 6) is 0.433. The van der Waals surface area contributed by atoms with Gasteiger partial charge in [0.15, 0.2) is 5.16 Å². The van der Waals surface area contributed by atoms with Crippen LogP contribution in [0.15, 0.2) is 29.4 Å². The number of halogens is 1. The molecule has 0 bridgehead atoms. The average molecular weight is 408 g/mol. The standard InChI is InChI=1S/C19H26FN5O2S/c1-4-25-18(24-9-11-27-12-10-24)22-23-19(25)28-14(3)17(26)21-13(2)15-5-7-16(20)8-6-15/h5-8,13-14H,4,9-12H2,1-3H3,(H,21,26)/t13-,14-/m1/s1. The number of ether oxygens (including phenoxy) is 1. The molecule has 1 N–H and O–H groups in total. The zero-order valence-electron chi connectivity index (χ0n) is 16.4. The van der Waals surface area contributed by atoms with E-state index in [1.54, 1.807) is 12.1 Å². The molecule has 28 heavy (non-hydrogen) atoms. The lowest BCUT2D eigenvalue weighted by Crippen LogP contribution is -2.38. The van der Waals surface area contributed by atoms with Crippen molar-refractivity contribution in [2.75, 3.05) is 31.2 Å².